The predicted octanol–water partition coefficient (Wildman–Crippen LogP) is 3.60. The van der Waals surface area contributed by atoms with E-state index in [1.165, 1.54) is 11.6 Å². The van der Waals surface area contributed by atoms with Crippen molar-refractivity contribution in [2.24, 2.45) is 0 Å². The second kappa shape index (κ2) is 5.22. The van der Waals surface area contributed by atoms with E-state index in [0.29, 0.717) is 17.5 Å². The van der Waals surface area contributed by atoms with Crippen LogP contribution in [-0.2, 0) is 12.8 Å². The lowest BCUT2D eigenvalue weighted by atomic mass is 9.94. The molecule has 0 bridgehead atoms. The van der Waals surface area contributed by atoms with Gasteiger partial charge in [0.05, 0.1) is 0 Å². The molecular weight excluding hydrogens is 240 g/mol. The van der Waals surface area contributed by atoms with E-state index in [9.17, 15) is 15.3 Å². The van der Waals surface area contributed by atoms with E-state index in [1.54, 1.807) is 0 Å². The normalized spacial score (nSPS) is 10.6. The lowest BCUT2D eigenvalue weighted by Gasteiger charge is -2.14. The summed E-state index contributed by atoms with van der Waals surface area (Å²) in [4.78, 5) is 0. The van der Waals surface area contributed by atoms with Crippen molar-refractivity contribution in [1.82, 2.24) is 0 Å². The fraction of sp³-hybridized carbons (Fsp3) is 0.250. The molecule has 2 aromatic carbocycles. The molecule has 0 saturated heterocycles. The van der Waals surface area contributed by atoms with E-state index in [2.05, 4.69) is 6.92 Å². The number of phenols is 3. The molecule has 0 aromatic heterocycles. The maximum atomic E-state index is 10.0. The molecule has 2 aromatic rings. The summed E-state index contributed by atoms with van der Waals surface area (Å²) in [5.74, 6) is -0.463. The number of hydrogen-bond donors (Lipinski definition) is 3. The van der Waals surface area contributed by atoms with Gasteiger partial charge in [0.2, 0.25) is 0 Å². The summed E-state index contributed by atoms with van der Waals surface area (Å²) >= 11 is 0. The van der Waals surface area contributed by atoms with Crippen LogP contribution in [0.3, 0.4) is 0 Å². The molecular formula is C16H18O3. The van der Waals surface area contributed by atoms with E-state index >= 15 is 0 Å². The molecule has 0 amide bonds. The van der Waals surface area contributed by atoms with Crippen LogP contribution in [0.25, 0.3) is 11.1 Å². The summed E-state index contributed by atoms with van der Waals surface area (Å²) in [6.45, 7) is 3.95. The van der Waals surface area contributed by atoms with Gasteiger partial charge in [-0.2, -0.15) is 0 Å². The van der Waals surface area contributed by atoms with Crippen LogP contribution in [0.1, 0.15) is 25.0 Å². The first kappa shape index (κ1) is 13.3. The molecule has 19 heavy (non-hydrogen) atoms. The van der Waals surface area contributed by atoms with Gasteiger partial charge in [0.25, 0.3) is 0 Å². The molecule has 0 aliphatic heterocycles. The van der Waals surface area contributed by atoms with E-state index in [4.69, 9.17) is 0 Å². The summed E-state index contributed by atoms with van der Waals surface area (Å²) < 4.78 is 0. The van der Waals surface area contributed by atoms with Gasteiger partial charge in [0, 0.05) is 17.2 Å². The highest BCUT2D eigenvalue weighted by Crippen LogP contribution is 2.43. The smallest absolute Gasteiger partial charge is 0.161 e. The van der Waals surface area contributed by atoms with Crippen molar-refractivity contribution < 1.29 is 15.3 Å². The molecule has 3 heteroatoms. The maximum absolute atomic E-state index is 10.0. The zero-order valence-electron chi connectivity index (χ0n) is 11.1. The maximum Gasteiger partial charge on any atom is 0.161 e. The van der Waals surface area contributed by atoms with Crippen molar-refractivity contribution in [3.05, 3.63) is 41.5 Å². The Bertz CT molecular complexity index is 586. The molecule has 0 unspecified atom stereocenters. The Morgan fingerprint density at radius 3 is 2.00 bits per heavy atom. The molecule has 3 nitrogen and oxygen atoms in total. The van der Waals surface area contributed by atoms with Gasteiger partial charge in [-0.15, -0.1) is 0 Å². The van der Waals surface area contributed by atoms with Gasteiger partial charge in [-0.1, -0.05) is 38.1 Å². The summed E-state index contributed by atoms with van der Waals surface area (Å²) in [6.07, 6.45) is 1.48. The molecule has 0 saturated carbocycles. The van der Waals surface area contributed by atoms with Crippen molar-refractivity contribution in [3.8, 4) is 28.4 Å². The minimum Gasteiger partial charge on any atom is -0.507 e. The van der Waals surface area contributed by atoms with Crippen molar-refractivity contribution in [1.29, 1.82) is 0 Å². The first-order valence-electron chi connectivity index (χ1n) is 6.44. The third-order valence-corrected chi connectivity index (χ3v) is 3.36. The molecule has 3 N–H and O–H groups in total. The number of hydrogen-bond acceptors (Lipinski definition) is 3. The zero-order valence-corrected chi connectivity index (χ0v) is 11.1. The lowest BCUT2D eigenvalue weighted by molar-refractivity contribution is 0.393. The number of rotatable bonds is 3. The van der Waals surface area contributed by atoms with Crippen LogP contribution in [0.2, 0.25) is 0 Å². The second-order valence-electron chi connectivity index (χ2n) is 4.52. The molecule has 100 valence electrons. The third-order valence-electron chi connectivity index (χ3n) is 3.36. The van der Waals surface area contributed by atoms with Crippen LogP contribution in [0.15, 0.2) is 30.3 Å². The number of aromatic hydroxyl groups is 3. The quantitative estimate of drug-likeness (QED) is 0.582. The van der Waals surface area contributed by atoms with E-state index < -0.39 is 0 Å². The monoisotopic (exact) mass is 258 g/mol. The van der Waals surface area contributed by atoms with Crippen molar-refractivity contribution >= 4 is 0 Å². The van der Waals surface area contributed by atoms with E-state index in [1.807, 2.05) is 31.2 Å². The Kier molecular flexibility index (Phi) is 3.65. The van der Waals surface area contributed by atoms with Gasteiger partial charge >= 0.3 is 0 Å². The van der Waals surface area contributed by atoms with Gasteiger partial charge in [0.15, 0.2) is 11.5 Å². The van der Waals surface area contributed by atoms with Crippen molar-refractivity contribution in [2.75, 3.05) is 0 Å². The Balaban J connectivity index is 2.63. The lowest BCUT2D eigenvalue weighted by Crippen LogP contribution is -1.91. The molecule has 0 aliphatic carbocycles. The molecule has 0 radical (unpaired) electrons. The Labute approximate surface area is 112 Å². The summed E-state index contributed by atoms with van der Waals surface area (Å²) in [7, 11) is 0. The summed E-state index contributed by atoms with van der Waals surface area (Å²) in [6, 6.07) is 9.01. The largest absolute Gasteiger partial charge is 0.507 e. The fourth-order valence-electron chi connectivity index (χ4n) is 2.27. The predicted molar refractivity (Wildman–Crippen MR) is 75.6 cm³/mol. The minimum absolute atomic E-state index is 0.0172. The van der Waals surface area contributed by atoms with E-state index in [0.717, 1.165) is 12.0 Å². The fourth-order valence-corrected chi connectivity index (χ4v) is 2.27. The Morgan fingerprint density at radius 2 is 1.47 bits per heavy atom. The van der Waals surface area contributed by atoms with Gasteiger partial charge in [-0.3, -0.25) is 0 Å². The highest BCUT2D eigenvalue weighted by Gasteiger charge is 2.17. The highest BCUT2D eigenvalue weighted by atomic mass is 16.3. The average molecular weight is 258 g/mol. The van der Waals surface area contributed by atoms with Gasteiger partial charge in [-0.25, -0.2) is 0 Å². The first-order valence-corrected chi connectivity index (χ1v) is 6.44. The van der Waals surface area contributed by atoms with Crippen LogP contribution in [0.5, 0.6) is 17.2 Å². The van der Waals surface area contributed by atoms with Crippen LogP contribution in [-0.4, -0.2) is 15.3 Å². The molecule has 0 spiro atoms. The van der Waals surface area contributed by atoms with Gasteiger partial charge in [0.1, 0.15) is 5.75 Å². The van der Waals surface area contributed by atoms with Crippen LogP contribution in [0.4, 0.5) is 0 Å². The molecule has 0 atom stereocenters. The molecule has 0 heterocycles. The topological polar surface area (TPSA) is 60.7 Å². The van der Waals surface area contributed by atoms with Gasteiger partial charge in [-0.05, 0) is 24.0 Å². The number of aryl methyl sites for hydroxylation is 1. The Morgan fingerprint density at radius 1 is 0.842 bits per heavy atom. The highest BCUT2D eigenvalue weighted by molar-refractivity contribution is 5.78. The van der Waals surface area contributed by atoms with Crippen LogP contribution < -0.4 is 0 Å². The van der Waals surface area contributed by atoms with Crippen molar-refractivity contribution in [2.45, 2.75) is 26.7 Å². The van der Waals surface area contributed by atoms with Crippen LogP contribution >= 0.6 is 0 Å². The first-order chi connectivity index (χ1) is 9.08. The summed E-state index contributed by atoms with van der Waals surface area (Å²) in [5.41, 5.74) is 3.19. The summed E-state index contributed by atoms with van der Waals surface area (Å²) in [5, 5.41) is 29.5. The average Bonchev–Trinajstić information content (AvgIpc) is 2.42. The SMILES string of the molecule is CCc1ccc(-c2c(O)cc(O)c(O)c2CC)cc1. The van der Waals surface area contributed by atoms with E-state index in [-0.39, 0.29) is 17.2 Å². The molecule has 0 fully saturated rings. The van der Waals surface area contributed by atoms with Crippen LogP contribution in [0, 0.1) is 0 Å². The standard InChI is InChI=1S/C16H18O3/c1-3-10-5-7-11(8-6-10)15-12(4-2)16(19)14(18)9-13(15)17/h5-9,17-19H,3-4H2,1-2H3. The zero-order chi connectivity index (χ0) is 14.0. The molecule has 0 aliphatic rings. The van der Waals surface area contributed by atoms with Gasteiger partial charge < -0.3 is 15.3 Å². The second-order valence-corrected chi connectivity index (χ2v) is 4.52. The third kappa shape index (κ3) is 2.36. The Hall–Kier alpha value is -2.16. The van der Waals surface area contributed by atoms with Crippen molar-refractivity contribution in [3.63, 3.8) is 0 Å². The molecule has 2 rings (SSSR count). The number of phenolic OH excluding ortho intramolecular Hbond substituents is 3. The number of benzene rings is 2. The minimum atomic E-state index is -0.289.